The Morgan fingerprint density at radius 1 is 1.13 bits per heavy atom. The van der Waals surface area contributed by atoms with E-state index in [4.69, 9.17) is 16.3 Å². The molecule has 1 heterocycles. The molecule has 0 aliphatic heterocycles. The Labute approximate surface area is 183 Å². The molecule has 0 aliphatic carbocycles. The first-order chi connectivity index (χ1) is 14.4. The topological polar surface area (TPSA) is 30.3 Å². The lowest BCUT2D eigenvalue weighted by molar-refractivity contribution is -0.0156. The van der Waals surface area contributed by atoms with Crippen LogP contribution in [0, 0.1) is 5.82 Å². The minimum atomic E-state index is -0.672. The molecule has 4 nitrogen and oxygen atoms in total. The van der Waals surface area contributed by atoms with Crippen molar-refractivity contribution in [3.05, 3.63) is 88.7 Å². The van der Waals surface area contributed by atoms with Gasteiger partial charge in [-0.05, 0) is 56.1 Å². The smallest absolute Gasteiger partial charge is 0.148 e. The molecule has 0 saturated heterocycles. The first-order valence-electron chi connectivity index (χ1n) is 10.2. The van der Waals surface area contributed by atoms with Crippen LogP contribution in [0.25, 0.3) is 0 Å². The maximum Gasteiger partial charge on any atom is 0.148 e. The standard InChI is InChI=1S/C24H29ClFN3O/c1-24(23-27-14-17-29(23)3,20-9-11-21(25)12-10-20)30-18-6-15-28(2)16-13-19-7-4-5-8-22(19)26/h4-5,7-12,14,17H,6,13,15-16,18H2,1-3H3. The van der Waals surface area contributed by atoms with Gasteiger partial charge in [0.15, 0.2) is 0 Å². The third-order valence-electron chi connectivity index (χ3n) is 5.44. The van der Waals surface area contributed by atoms with Crippen LogP contribution in [0.3, 0.4) is 0 Å². The largest absolute Gasteiger partial charge is 0.363 e. The van der Waals surface area contributed by atoms with Gasteiger partial charge < -0.3 is 14.2 Å². The third kappa shape index (κ3) is 5.48. The van der Waals surface area contributed by atoms with E-state index in [1.165, 1.54) is 6.07 Å². The van der Waals surface area contributed by atoms with Crippen LogP contribution < -0.4 is 0 Å². The zero-order valence-corrected chi connectivity index (χ0v) is 18.6. The Hall–Kier alpha value is -2.21. The second-order valence-corrected chi connectivity index (χ2v) is 8.19. The molecule has 1 aromatic heterocycles. The molecule has 1 unspecified atom stereocenters. The van der Waals surface area contributed by atoms with Crippen molar-refractivity contribution in [1.82, 2.24) is 14.5 Å². The molecule has 0 saturated carbocycles. The number of ether oxygens (including phenoxy) is 1. The van der Waals surface area contributed by atoms with Gasteiger partial charge in [-0.15, -0.1) is 0 Å². The number of aromatic nitrogens is 2. The Balaban J connectivity index is 1.57. The molecule has 6 heteroatoms. The van der Waals surface area contributed by atoms with Crippen LogP contribution in [-0.2, 0) is 23.8 Å². The highest BCUT2D eigenvalue weighted by Gasteiger charge is 2.33. The molecule has 1 atom stereocenters. The number of hydrogen-bond donors (Lipinski definition) is 0. The number of likely N-dealkylation sites (N-methyl/N-ethyl adjacent to an activating group) is 1. The Kier molecular flexibility index (Phi) is 7.64. The van der Waals surface area contributed by atoms with Crippen molar-refractivity contribution >= 4 is 11.6 Å². The number of nitrogens with zero attached hydrogens (tertiary/aromatic N) is 3. The van der Waals surface area contributed by atoms with E-state index in [-0.39, 0.29) is 5.82 Å². The van der Waals surface area contributed by atoms with E-state index in [0.717, 1.165) is 36.5 Å². The van der Waals surface area contributed by atoms with Crippen molar-refractivity contribution in [2.75, 3.05) is 26.7 Å². The number of imidazole rings is 1. The third-order valence-corrected chi connectivity index (χ3v) is 5.69. The zero-order chi connectivity index (χ0) is 21.6. The molecule has 0 N–H and O–H groups in total. The second-order valence-electron chi connectivity index (χ2n) is 7.75. The van der Waals surface area contributed by atoms with Crippen LogP contribution in [-0.4, -0.2) is 41.2 Å². The van der Waals surface area contributed by atoms with Gasteiger partial charge in [0.1, 0.15) is 17.2 Å². The maximum atomic E-state index is 13.8. The summed E-state index contributed by atoms with van der Waals surface area (Å²) < 4.78 is 22.2. The fourth-order valence-electron chi connectivity index (χ4n) is 3.61. The molecule has 3 aromatic rings. The molecule has 0 aliphatic rings. The summed E-state index contributed by atoms with van der Waals surface area (Å²) in [6.07, 6.45) is 5.26. The van der Waals surface area contributed by atoms with Crippen molar-refractivity contribution < 1.29 is 9.13 Å². The molecular formula is C24H29ClFN3O. The quantitative estimate of drug-likeness (QED) is 0.422. The van der Waals surface area contributed by atoms with Crippen LogP contribution in [0.15, 0.2) is 60.9 Å². The lowest BCUT2D eigenvalue weighted by Gasteiger charge is -2.30. The number of benzene rings is 2. The van der Waals surface area contributed by atoms with Crippen LogP contribution >= 0.6 is 11.6 Å². The van der Waals surface area contributed by atoms with E-state index in [2.05, 4.69) is 16.9 Å². The zero-order valence-electron chi connectivity index (χ0n) is 17.8. The summed E-state index contributed by atoms with van der Waals surface area (Å²) in [7, 11) is 4.02. The maximum absolute atomic E-state index is 13.8. The lowest BCUT2D eigenvalue weighted by atomic mass is 9.94. The monoisotopic (exact) mass is 429 g/mol. The minimum absolute atomic E-state index is 0.136. The molecule has 160 valence electrons. The number of aryl methyl sites for hydroxylation is 1. The summed E-state index contributed by atoms with van der Waals surface area (Å²) >= 11 is 6.07. The van der Waals surface area contributed by atoms with Crippen molar-refractivity contribution in [3.63, 3.8) is 0 Å². The predicted molar refractivity (Wildman–Crippen MR) is 119 cm³/mol. The normalized spacial score (nSPS) is 13.5. The highest BCUT2D eigenvalue weighted by Crippen LogP contribution is 2.33. The van der Waals surface area contributed by atoms with E-state index in [0.29, 0.717) is 18.1 Å². The van der Waals surface area contributed by atoms with Crippen LogP contribution in [0.4, 0.5) is 4.39 Å². The summed E-state index contributed by atoms with van der Waals surface area (Å²) in [4.78, 5) is 6.74. The Morgan fingerprint density at radius 3 is 2.53 bits per heavy atom. The highest BCUT2D eigenvalue weighted by atomic mass is 35.5. The molecule has 0 spiro atoms. The lowest BCUT2D eigenvalue weighted by Crippen LogP contribution is -2.32. The summed E-state index contributed by atoms with van der Waals surface area (Å²) in [5.41, 5.74) is 1.09. The predicted octanol–water partition coefficient (Wildman–Crippen LogP) is 5.06. The molecule has 2 aromatic carbocycles. The molecule has 0 bridgehead atoms. The van der Waals surface area contributed by atoms with Crippen molar-refractivity contribution in [1.29, 1.82) is 0 Å². The van der Waals surface area contributed by atoms with Gasteiger partial charge in [0.25, 0.3) is 0 Å². The first-order valence-corrected chi connectivity index (χ1v) is 10.6. The fourth-order valence-corrected chi connectivity index (χ4v) is 3.73. The second kappa shape index (κ2) is 10.2. The molecule has 0 amide bonds. The fraction of sp³-hybridized carbons (Fsp3) is 0.375. The summed E-state index contributed by atoms with van der Waals surface area (Å²) in [6.45, 7) is 4.29. The van der Waals surface area contributed by atoms with Gasteiger partial charge in [0.2, 0.25) is 0 Å². The van der Waals surface area contributed by atoms with Gasteiger partial charge in [-0.2, -0.15) is 0 Å². The van der Waals surface area contributed by atoms with Gasteiger partial charge in [-0.3, -0.25) is 0 Å². The molecule has 0 radical (unpaired) electrons. The molecule has 30 heavy (non-hydrogen) atoms. The summed E-state index contributed by atoms with van der Waals surface area (Å²) in [5, 5.41) is 0.692. The van der Waals surface area contributed by atoms with E-state index in [9.17, 15) is 4.39 Å². The minimum Gasteiger partial charge on any atom is -0.363 e. The van der Waals surface area contributed by atoms with E-state index >= 15 is 0 Å². The van der Waals surface area contributed by atoms with Gasteiger partial charge >= 0.3 is 0 Å². The Bertz CT molecular complexity index is 944. The number of halogens is 2. The molecular weight excluding hydrogens is 401 g/mol. The van der Waals surface area contributed by atoms with Gasteiger partial charge in [0, 0.05) is 44.2 Å². The first kappa shape index (κ1) is 22.5. The summed E-state index contributed by atoms with van der Waals surface area (Å²) in [5.74, 6) is 0.709. The van der Waals surface area contributed by atoms with Crippen molar-refractivity contribution in [3.8, 4) is 0 Å². The number of hydrogen-bond acceptors (Lipinski definition) is 3. The highest BCUT2D eigenvalue weighted by molar-refractivity contribution is 6.30. The van der Waals surface area contributed by atoms with Crippen molar-refractivity contribution in [2.45, 2.75) is 25.4 Å². The van der Waals surface area contributed by atoms with Crippen molar-refractivity contribution in [2.24, 2.45) is 7.05 Å². The molecule has 0 fully saturated rings. The number of rotatable bonds is 10. The van der Waals surface area contributed by atoms with E-state index in [1.807, 2.05) is 61.1 Å². The van der Waals surface area contributed by atoms with Crippen LogP contribution in [0.5, 0.6) is 0 Å². The van der Waals surface area contributed by atoms with Gasteiger partial charge in [0.05, 0.1) is 0 Å². The molecule has 3 rings (SSSR count). The van der Waals surface area contributed by atoms with Gasteiger partial charge in [-0.1, -0.05) is 41.9 Å². The van der Waals surface area contributed by atoms with Gasteiger partial charge in [-0.25, -0.2) is 9.37 Å². The van der Waals surface area contributed by atoms with E-state index < -0.39 is 5.60 Å². The SMILES string of the molecule is CN(CCCOC(C)(c1ccc(Cl)cc1)c1nccn1C)CCc1ccccc1F. The van der Waals surface area contributed by atoms with E-state index in [1.54, 1.807) is 12.3 Å². The average molecular weight is 430 g/mol. The van der Waals surface area contributed by atoms with Crippen LogP contribution in [0.2, 0.25) is 5.02 Å². The van der Waals surface area contributed by atoms with Crippen LogP contribution in [0.1, 0.15) is 30.3 Å². The average Bonchev–Trinajstić information content (AvgIpc) is 3.17. The Morgan fingerprint density at radius 2 is 1.87 bits per heavy atom. The summed E-state index contributed by atoms with van der Waals surface area (Å²) in [6, 6.07) is 14.7.